The molecule has 0 saturated carbocycles. The monoisotopic (exact) mass is 490 g/mol. The van der Waals surface area contributed by atoms with Crippen LogP contribution in [-0.4, -0.2) is 29.9 Å². The minimum absolute atomic E-state index is 0.478. The summed E-state index contributed by atoms with van der Waals surface area (Å²) in [6, 6.07) is 15.8. The zero-order valence-corrected chi connectivity index (χ0v) is 20.9. The molecule has 0 saturated heterocycles. The Morgan fingerprint density at radius 2 is 1.00 bits per heavy atom. The van der Waals surface area contributed by atoms with Gasteiger partial charge in [-0.1, -0.05) is 60.7 Å². The lowest BCUT2D eigenvalue weighted by Crippen LogP contribution is -1.98. The maximum absolute atomic E-state index is 12.2. The number of hydrogen-bond donors (Lipinski definition) is 2. The second kappa shape index (κ2) is 12.3. The lowest BCUT2D eigenvalue weighted by atomic mass is 10.2. The molecule has 4 aromatic rings. The predicted molar refractivity (Wildman–Crippen MR) is 147 cm³/mol. The van der Waals surface area contributed by atoms with Crippen molar-refractivity contribution in [2.24, 2.45) is 0 Å². The van der Waals surface area contributed by atoms with Gasteiger partial charge in [-0.05, 0) is 12.1 Å². The molecule has 0 spiro atoms. The molecule has 0 bridgehead atoms. The zero-order chi connectivity index (χ0) is 24.5. The van der Waals surface area contributed by atoms with Gasteiger partial charge in [-0.25, -0.2) is 0 Å². The topological polar surface area (TPSA) is 65.7 Å². The maximum atomic E-state index is 12.2. The zero-order valence-electron chi connectivity index (χ0n) is 19.2. The van der Waals surface area contributed by atoms with Crippen LogP contribution in [0.15, 0.2) is 109 Å². The van der Waals surface area contributed by atoms with Gasteiger partial charge in [0, 0.05) is 57.5 Å². The molecule has 0 radical (unpaired) electrons. The second-order valence-electron chi connectivity index (χ2n) is 7.54. The van der Waals surface area contributed by atoms with Crippen LogP contribution in [0.1, 0.15) is 11.4 Å². The minimum Gasteiger partial charge on any atom is -0.357 e. The lowest BCUT2D eigenvalue weighted by molar-refractivity contribution is 0.684. The van der Waals surface area contributed by atoms with E-state index < -0.39 is 21.6 Å². The number of allylic oxidation sites excluding steroid dienone is 2. The first kappa shape index (κ1) is 25.4. The van der Waals surface area contributed by atoms with Crippen LogP contribution in [-0.2, 0) is 34.4 Å². The van der Waals surface area contributed by atoms with Crippen LogP contribution >= 0.6 is 0 Å². The molecule has 2 heterocycles. The standard InChI is InChI=1S/2C14H15NOS/c2*1-3-7-13-14(17(16)10-4-2)11-8-5-6-9-12(11)15-13/h2*3-6,8-9,15H,1-2,7,10H2/t2*17-/m10/s1. The summed E-state index contributed by atoms with van der Waals surface area (Å²) >= 11 is 0. The highest BCUT2D eigenvalue weighted by Gasteiger charge is 2.16. The first-order valence-electron chi connectivity index (χ1n) is 10.9. The van der Waals surface area contributed by atoms with Crippen molar-refractivity contribution in [1.82, 2.24) is 9.97 Å². The molecule has 2 N–H and O–H groups in total. The van der Waals surface area contributed by atoms with Crippen molar-refractivity contribution in [2.75, 3.05) is 11.5 Å². The Morgan fingerprint density at radius 1 is 0.618 bits per heavy atom. The molecule has 4 rings (SSSR count). The van der Waals surface area contributed by atoms with Crippen LogP contribution in [0.2, 0.25) is 0 Å². The summed E-state index contributed by atoms with van der Waals surface area (Å²) in [6.45, 7) is 14.8. The fraction of sp³-hybridized carbons (Fsp3) is 0.143. The third-order valence-electron chi connectivity index (χ3n) is 5.15. The molecular weight excluding hydrogens is 460 g/mol. The number of fused-ring (bicyclic) bond motifs is 2. The van der Waals surface area contributed by atoms with Crippen LogP contribution in [0.25, 0.3) is 21.8 Å². The van der Waals surface area contributed by atoms with Gasteiger partial charge >= 0.3 is 0 Å². The van der Waals surface area contributed by atoms with Crippen LogP contribution in [0.4, 0.5) is 0 Å². The molecule has 4 nitrogen and oxygen atoms in total. The molecule has 0 unspecified atom stereocenters. The number of nitrogens with one attached hydrogen (secondary N) is 2. The van der Waals surface area contributed by atoms with Gasteiger partial charge < -0.3 is 9.97 Å². The van der Waals surface area contributed by atoms with E-state index in [2.05, 4.69) is 36.3 Å². The molecule has 0 amide bonds. The van der Waals surface area contributed by atoms with Gasteiger partial charge in [0.25, 0.3) is 0 Å². The highest BCUT2D eigenvalue weighted by Crippen LogP contribution is 2.27. The quantitative estimate of drug-likeness (QED) is 0.253. The number of aromatic amines is 2. The van der Waals surface area contributed by atoms with E-state index in [1.54, 1.807) is 12.2 Å². The summed E-state index contributed by atoms with van der Waals surface area (Å²) in [7, 11) is -2.07. The van der Waals surface area contributed by atoms with Crippen molar-refractivity contribution >= 4 is 43.4 Å². The fourth-order valence-electron chi connectivity index (χ4n) is 3.82. The summed E-state index contributed by atoms with van der Waals surface area (Å²) in [6.07, 6.45) is 8.42. The lowest BCUT2D eigenvalue weighted by Gasteiger charge is -2.00. The molecule has 176 valence electrons. The number of aromatic nitrogens is 2. The Kier molecular flexibility index (Phi) is 9.19. The average Bonchev–Trinajstić information content (AvgIpc) is 3.38. The molecule has 6 heteroatoms. The van der Waals surface area contributed by atoms with Crippen LogP contribution < -0.4 is 0 Å². The molecule has 2 aromatic carbocycles. The average molecular weight is 491 g/mol. The number of H-pyrrole nitrogens is 2. The number of rotatable bonds is 10. The van der Waals surface area contributed by atoms with Gasteiger partial charge in [0.15, 0.2) is 0 Å². The van der Waals surface area contributed by atoms with E-state index in [1.807, 2.05) is 60.7 Å². The van der Waals surface area contributed by atoms with E-state index in [0.717, 1.165) is 43.0 Å². The second-order valence-corrected chi connectivity index (χ2v) is 10.4. The van der Waals surface area contributed by atoms with E-state index in [0.29, 0.717) is 24.3 Å². The summed E-state index contributed by atoms with van der Waals surface area (Å²) in [5, 5.41) is 2.06. The Hall–Kier alpha value is -3.22. The smallest absolute Gasteiger partial charge is 0.0680 e. The third-order valence-corrected chi connectivity index (χ3v) is 8.07. The number of para-hydroxylation sites is 2. The van der Waals surface area contributed by atoms with E-state index >= 15 is 0 Å². The van der Waals surface area contributed by atoms with E-state index in [1.165, 1.54) is 0 Å². The van der Waals surface area contributed by atoms with Gasteiger partial charge in [0.2, 0.25) is 0 Å². The fourth-order valence-corrected chi connectivity index (χ4v) is 6.25. The molecule has 2 aromatic heterocycles. The Morgan fingerprint density at radius 3 is 1.35 bits per heavy atom. The molecular formula is C28H30N2O2S2. The van der Waals surface area contributed by atoms with Crippen LogP contribution in [0.3, 0.4) is 0 Å². The Balaban J connectivity index is 0.000000191. The van der Waals surface area contributed by atoms with Gasteiger partial charge in [0.05, 0.1) is 31.4 Å². The molecule has 0 aliphatic rings. The summed E-state index contributed by atoms with van der Waals surface area (Å²) in [5.41, 5.74) is 4.02. The predicted octanol–water partition coefficient (Wildman–Crippen LogP) is 6.38. The normalized spacial score (nSPS) is 12.5. The SMILES string of the molecule is C=CCc1[nH]c2ccccc2c1[S@@](=O)CC=C.C=CCc1[nH]c2ccccc2c1[S@](=O)CC=C. The van der Waals surface area contributed by atoms with Crippen molar-refractivity contribution in [3.63, 3.8) is 0 Å². The highest BCUT2D eigenvalue weighted by molar-refractivity contribution is 7.85. The molecule has 0 fully saturated rings. The van der Waals surface area contributed by atoms with Crippen LogP contribution in [0.5, 0.6) is 0 Å². The highest BCUT2D eigenvalue weighted by atomic mass is 32.2. The largest absolute Gasteiger partial charge is 0.357 e. The third kappa shape index (κ3) is 5.64. The molecule has 34 heavy (non-hydrogen) atoms. The summed E-state index contributed by atoms with van der Waals surface area (Å²) in [5.74, 6) is 0.956. The van der Waals surface area contributed by atoms with Gasteiger partial charge in [-0.3, -0.25) is 8.42 Å². The first-order valence-corrected chi connectivity index (χ1v) is 13.6. The van der Waals surface area contributed by atoms with Crippen molar-refractivity contribution in [2.45, 2.75) is 22.6 Å². The van der Waals surface area contributed by atoms with E-state index in [9.17, 15) is 8.42 Å². The van der Waals surface area contributed by atoms with Gasteiger partial charge in [-0.2, -0.15) is 0 Å². The molecule has 0 aliphatic carbocycles. The Bertz CT molecular complexity index is 1270. The molecule has 0 aliphatic heterocycles. The van der Waals surface area contributed by atoms with E-state index in [4.69, 9.17) is 0 Å². The number of hydrogen-bond acceptors (Lipinski definition) is 2. The van der Waals surface area contributed by atoms with E-state index in [-0.39, 0.29) is 0 Å². The Labute approximate surface area is 206 Å². The van der Waals surface area contributed by atoms with Crippen molar-refractivity contribution in [1.29, 1.82) is 0 Å². The minimum atomic E-state index is -1.04. The molecule has 2 atom stereocenters. The first-order chi connectivity index (χ1) is 16.5. The van der Waals surface area contributed by atoms with Gasteiger partial charge in [0.1, 0.15) is 0 Å². The van der Waals surface area contributed by atoms with Crippen molar-refractivity contribution in [3.8, 4) is 0 Å². The summed E-state index contributed by atoms with van der Waals surface area (Å²) < 4.78 is 24.4. The summed E-state index contributed by atoms with van der Waals surface area (Å²) in [4.78, 5) is 8.39. The maximum Gasteiger partial charge on any atom is 0.0680 e. The van der Waals surface area contributed by atoms with Crippen LogP contribution in [0, 0.1) is 0 Å². The van der Waals surface area contributed by atoms with Crippen molar-refractivity contribution < 1.29 is 8.42 Å². The number of benzene rings is 2. The van der Waals surface area contributed by atoms with Gasteiger partial charge in [-0.15, -0.1) is 26.3 Å². The van der Waals surface area contributed by atoms with Crippen molar-refractivity contribution in [3.05, 3.63) is 111 Å².